The van der Waals surface area contributed by atoms with Crippen LogP contribution in [-0.2, 0) is 6.42 Å². The Bertz CT molecular complexity index is 723. The number of benzene rings is 1. The minimum atomic E-state index is 0.606. The maximum atomic E-state index is 3.33. The third kappa shape index (κ3) is 15.7. The third-order valence-corrected chi connectivity index (χ3v) is 8.62. The number of rotatable bonds is 26. The quantitative estimate of drug-likeness (QED) is 0.0934. The number of nitrogens with one attached hydrogen (secondary N) is 1. The summed E-state index contributed by atoms with van der Waals surface area (Å²) in [7, 11) is 0. The highest BCUT2D eigenvalue weighted by Crippen LogP contribution is 2.29. The van der Waals surface area contributed by atoms with Crippen molar-refractivity contribution in [3.8, 4) is 0 Å². The summed E-state index contributed by atoms with van der Waals surface area (Å²) in [6, 6.07) is 11.9. The van der Waals surface area contributed by atoms with Gasteiger partial charge in [0.15, 0.2) is 0 Å². The van der Waals surface area contributed by atoms with Crippen molar-refractivity contribution in [1.82, 2.24) is 4.98 Å². The average Bonchev–Trinajstić information content (AvgIpc) is 3.48. The minimum absolute atomic E-state index is 0.606. The summed E-state index contributed by atoms with van der Waals surface area (Å²) in [5, 5.41) is 0. The molecule has 0 bridgehead atoms. The molecule has 2 atom stereocenters. The minimum Gasteiger partial charge on any atom is -0.250 e. The molecule has 1 aromatic heterocycles. The van der Waals surface area contributed by atoms with Crippen LogP contribution in [0.15, 0.2) is 49.1 Å². The molecule has 0 aliphatic heterocycles. The zero-order chi connectivity index (χ0) is 26.9. The van der Waals surface area contributed by atoms with Crippen LogP contribution in [0.3, 0.4) is 0 Å². The molecule has 1 heterocycles. The van der Waals surface area contributed by atoms with Crippen molar-refractivity contribution in [3.63, 3.8) is 0 Å². The second-order valence-corrected chi connectivity index (χ2v) is 12.0. The summed E-state index contributed by atoms with van der Waals surface area (Å²) in [6.45, 7) is 4.61. The van der Waals surface area contributed by atoms with E-state index in [0.717, 1.165) is 0 Å². The van der Waals surface area contributed by atoms with Gasteiger partial charge in [-0.3, -0.25) is 4.98 Å². The van der Waals surface area contributed by atoms with Crippen LogP contribution < -0.4 is 4.57 Å². The van der Waals surface area contributed by atoms with E-state index < -0.39 is 0 Å². The summed E-state index contributed by atoms with van der Waals surface area (Å²) >= 11 is 0. The van der Waals surface area contributed by atoms with E-state index in [4.69, 9.17) is 0 Å². The van der Waals surface area contributed by atoms with Crippen LogP contribution >= 0.6 is 0 Å². The SMILES string of the molecule is CCCCCCCCCCCCCCCC(Cc1ccccc1)C(CCCCCCCCC)[n+]1cc[nH]c1. The molecule has 1 aromatic carbocycles. The summed E-state index contributed by atoms with van der Waals surface area (Å²) in [6.07, 6.45) is 38.8. The topological polar surface area (TPSA) is 19.7 Å². The maximum Gasteiger partial charge on any atom is 0.241 e. The second kappa shape index (κ2) is 23.3. The predicted octanol–water partition coefficient (Wildman–Crippen LogP) is 11.3. The number of aromatic amines is 1. The van der Waals surface area contributed by atoms with E-state index in [9.17, 15) is 0 Å². The Morgan fingerprint density at radius 2 is 1.05 bits per heavy atom. The van der Waals surface area contributed by atoms with Gasteiger partial charge in [-0.25, -0.2) is 4.57 Å². The van der Waals surface area contributed by atoms with Crippen molar-refractivity contribution in [2.75, 3.05) is 0 Å². The lowest BCUT2D eigenvalue weighted by Crippen LogP contribution is -2.42. The first-order valence-corrected chi connectivity index (χ1v) is 16.9. The van der Waals surface area contributed by atoms with Crippen LogP contribution in [0.5, 0.6) is 0 Å². The van der Waals surface area contributed by atoms with E-state index in [1.807, 2.05) is 0 Å². The standard InChI is InChI=1S/C36H62N2/c1-3-5-7-9-11-12-13-14-15-16-18-19-24-28-35(32-34-26-22-21-23-27-34)36(38-31-30-37-33-38)29-25-20-17-10-8-6-4-2/h21-23,26-27,30-31,33,35-36H,3-20,24-25,28-29,32H2,1-2H3/p+1. The Morgan fingerprint density at radius 1 is 0.579 bits per heavy atom. The van der Waals surface area contributed by atoms with Crippen molar-refractivity contribution < 1.29 is 4.57 Å². The molecule has 216 valence electrons. The lowest BCUT2D eigenvalue weighted by molar-refractivity contribution is -0.730. The van der Waals surface area contributed by atoms with Crippen LogP contribution in [-0.4, -0.2) is 4.98 Å². The fourth-order valence-corrected chi connectivity index (χ4v) is 6.22. The Kier molecular flexibility index (Phi) is 20.0. The van der Waals surface area contributed by atoms with Crippen LogP contribution in [0.4, 0.5) is 0 Å². The van der Waals surface area contributed by atoms with Gasteiger partial charge in [-0.15, -0.1) is 0 Å². The molecule has 0 spiro atoms. The zero-order valence-electron chi connectivity index (χ0n) is 25.5. The number of aromatic nitrogens is 2. The highest BCUT2D eigenvalue weighted by Gasteiger charge is 2.26. The number of hydrogen-bond donors (Lipinski definition) is 1. The Labute approximate surface area is 237 Å². The van der Waals surface area contributed by atoms with Crippen LogP contribution in [0.25, 0.3) is 0 Å². The number of imidazole rings is 1. The first-order chi connectivity index (χ1) is 18.8. The molecule has 0 aliphatic carbocycles. The van der Waals surface area contributed by atoms with Crippen LogP contribution in [0.1, 0.15) is 167 Å². The van der Waals surface area contributed by atoms with Crippen LogP contribution in [0, 0.1) is 5.92 Å². The van der Waals surface area contributed by atoms with Gasteiger partial charge >= 0.3 is 0 Å². The van der Waals surface area contributed by atoms with Gasteiger partial charge in [-0.05, 0) is 31.2 Å². The van der Waals surface area contributed by atoms with Gasteiger partial charge in [0, 0.05) is 5.92 Å². The average molecular weight is 524 g/mol. The van der Waals surface area contributed by atoms with E-state index in [2.05, 4.69) is 72.5 Å². The Morgan fingerprint density at radius 3 is 1.53 bits per heavy atom. The molecule has 2 rings (SSSR count). The monoisotopic (exact) mass is 523 g/mol. The molecule has 0 fully saturated rings. The van der Waals surface area contributed by atoms with Crippen molar-refractivity contribution >= 4 is 0 Å². The second-order valence-electron chi connectivity index (χ2n) is 12.0. The first kappa shape index (κ1) is 32.6. The van der Waals surface area contributed by atoms with Crippen molar-refractivity contribution in [2.45, 2.75) is 168 Å². The molecule has 0 radical (unpaired) electrons. The van der Waals surface area contributed by atoms with Crippen molar-refractivity contribution in [2.24, 2.45) is 5.92 Å². The largest absolute Gasteiger partial charge is 0.250 e. The number of hydrogen-bond acceptors (Lipinski definition) is 0. The Balaban J connectivity index is 1.75. The van der Waals surface area contributed by atoms with Crippen molar-refractivity contribution in [1.29, 1.82) is 0 Å². The van der Waals surface area contributed by atoms with E-state index in [-0.39, 0.29) is 0 Å². The molecule has 2 unspecified atom stereocenters. The molecule has 0 amide bonds. The lowest BCUT2D eigenvalue weighted by Gasteiger charge is -2.25. The molecule has 38 heavy (non-hydrogen) atoms. The summed E-state index contributed by atoms with van der Waals surface area (Å²) in [4.78, 5) is 3.33. The zero-order valence-corrected chi connectivity index (χ0v) is 25.5. The molecule has 2 heteroatoms. The molecule has 2 nitrogen and oxygen atoms in total. The molecule has 0 saturated heterocycles. The molecular formula is C36H63N2+. The fraction of sp³-hybridized carbons (Fsp3) is 0.750. The number of nitrogens with zero attached hydrogens (tertiary/aromatic N) is 1. The van der Waals surface area contributed by atoms with Gasteiger partial charge in [0.05, 0.1) is 0 Å². The molecule has 1 N–H and O–H groups in total. The lowest BCUT2D eigenvalue weighted by atomic mass is 9.84. The first-order valence-electron chi connectivity index (χ1n) is 16.9. The Hall–Kier alpha value is -1.57. The molecular weight excluding hydrogens is 460 g/mol. The predicted molar refractivity (Wildman–Crippen MR) is 167 cm³/mol. The normalized spacial score (nSPS) is 13.1. The number of H-pyrrole nitrogens is 1. The highest BCUT2D eigenvalue weighted by molar-refractivity contribution is 5.15. The van der Waals surface area contributed by atoms with Crippen LogP contribution in [0.2, 0.25) is 0 Å². The van der Waals surface area contributed by atoms with Gasteiger partial charge in [0.2, 0.25) is 6.33 Å². The molecule has 2 aromatic rings. The summed E-state index contributed by atoms with van der Waals surface area (Å²) in [5.41, 5.74) is 1.51. The maximum absolute atomic E-state index is 3.33. The summed E-state index contributed by atoms with van der Waals surface area (Å²) < 4.78 is 2.49. The van der Waals surface area contributed by atoms with Gasteiger partial charge in [-0.2, -0.15) is 0 Å². The van der Waals surface area contributed by atoms with E-state index in [1.54, 1.807) is 0 Å². The third-order valence-electron chi connectivity index (χ3n) is 8.62. The molecule has 0 saturated carbocycles. The summed E-state index contributed by atoms with van der Waals surface area (Å²) in [5.74, 6) is 0.714. The van der Waals surface area contributed by atoms with Gasteiger partial charge in [0.25, 0.3) is 0 Å². The number of unbranched alkanes of at least 4 members (excludes halogenated alkanes) is 18. The highest BCUT2D eigenvalue weighted by atomic mass is 15.1. The van der Waals surface area contributed by atoms with E-state index >= 15 is 0 Å². The fourth-order valence-electron chi connectivity index (χ4n) is 6.22. The molecule has 0 aliphatic rings. The van der Waals surface area contributed by atoms with E-state index in [1.165, 1.54) is 153 Å². The van der Waals surface area contributed by atoms with E-state index in [0.29, 0.717) is 12.0 Å². The van der Waals surface area contributed by atoms with Crippen molar-refractivity contribution in [3.05, 3.63) is 54.6 Å². The smallest absolute Gasteiger partial charge is 0.241 e. The van der Waals surface area contributed by atoms with Gasteiger partial charge in [-0.1, -0.05) is 166 Å². The van der Waals surface area contributed by atoms with Gasteiger partial charge in [0.1, 0.15) is 18.4 Å². The van der Waals surface area contributed by atoms with Gasteiger partial charge < -0.3 is 0 Å².